The van der Waals surface area contributed by atoms with Crippen molar-refractivity contribution in [3.8, 4) is 23.0 Å². The van der Waals surface area contributed by atoms with Crippen molar-refractivity contribution in [2.75, 3.05) is 5.73 Å². The third-order valence-corrected chi connectivity index (χ3v) is 5.55. The van der Waals surface area contributed by atoms with Gasteiger partial charge in [0.1, 0.15) is 23.1 Å². The second kappa shape index (κ2) is 8.35. The molecule has 1 nitrogen and oxygen atoms in total. The van der Waals surface area contributed by atoms with Crippen LogP contribution < -0.4 is 5.73 Å². The maximum absolute atomic E-state index is 15.1. The van der Waals surface area contributed by atoms with E-state index < -0.39 is 17.3 Å². The Morgan fingerprint density at radius 1 is 0.935 bits per heavy atom. The highest BCUT2D eigenvalue weighted by molar-refractivity contribution is 5.69. The van der Waals surface area contributed by atoms with E-state index in [0.717, 1.165) is 30.4 Å². The largest absolute Gasteiger partial charge is 0.394 e. The van der Waals surface area contributed by atoms with Gasteiger partial charge >= 0.3 is 0 Å². The van der Waals surface area contributed by atoms with Gasteiger partial charge in [-0.05, 0) is 66.3 Å². The fraction of sp³-hybridized carbons (Fsp3) is 0.185. The lowest BCUT2D eigenvalue weighted by Gasteiger charge is -2.07. The molecule has 31 heavy (non-hydrogen) atoms. The van der Waals surface area contributed by atoms with Crippen molar-refractivity contribution in [1.82, 2.24) is 0 Å². The minimum atomic E-state index is -0.794. The van der Waals surface area contributed by atoms with Crippen molar-refractivity contribution < 1.29 is 13.2 Å². The third-order valence-electron chi connectivity index (χ3n) is 5.55. The number of aryl methyl sites for hydroxylation is 1. The Kier molecular flexibility index (Phi) is 5.61. The molecule has 0 atom stereocenters. The molecule has 0 bridgehead atoms. The number of halogens is 3. The molecule has 0 aromatic heterocycles. The molecule has 0 saturated carbocycles. The topological polar surface area (TPSA) is 26.0 Å². The number of fused-ring (bicyclic) bond motifs is 1. The highest BCUT2D eigenvalue weighted by Gasteiger charge is 2.19. The van der Waals surface area contributed by atoms with E-state index in [1.165, 1.54) is 17.7 Å². The Balaban J connectivity index is 1.62. The molecular weight excluding hydrogens is 395 g/mol. The molecule has 3 aromatic rings. The lowest BCUT2D eigenvalue weighted by molar-refractivity contribution is 0.592. The number of nitrogen functional groups attached to an aromatic ring is 1. The molecule has 3 aromatic carbocycles. The van der Waals surface area contributed by atoms with E-state index >= 15 is 4.39 Å². The maximum Gasteiger partial charge on any atom is 0.149 e. The van der Waals surface area contributed by atoms with Crippen LogP contribution in [0, 0.1) is 36.2 Å². The normalized spacial score (nSPS) is 12.2. The van der Waals surface area contributed by atoms with Crippen molar-refractivity contribution in [2.24, 2.45) is 0 Å². The molecular formula is C27H22F3N. The van der Waals surface area contributed by atoms with E-state index in [4.69, 9.17) is 5.73 Å². The Morgan fingerprint density at radius 2 is 1.61 bits per heavy atom. The maximum atomic E-state index is 15.1. The van der Waals surface area contributed by atoms with Crippen LogP contribution in [0.4, 0.5) is 18.9 Å². The summed E-state index contributed by atoms with van der Waals surface area (Å²) in [6, 6.07) is 11.4. The summed E-state index contributed by atoms with van der Waals surface area (Å²) in [7, 11) is 0. The molecule has 0 unspecified atom stereocenters. The van der Waals surface area contributed by atoms with E-state index in [2.05, 4.69) is 18.8 Å². The average molecular weight is 417 g/mol. The molecule has 4 rings (SSSR count). The summed E-state index contributed by atoms with van der Waals surface area (Å²) in [6.45, 7) is 3.99. The van der Waals surface area contributed by atoms with Crippen molar-refractivity contribution in [2.45, 2.75) is 33.1 Å². The monoisotopic (exact) mass is 417 g/mol. The van der Waals surface area contributed by atoms with Gasteiger partial charge in [0.2, 0.25) is 0 Å². The predicted molar refractivity (Wildman–Crippen MR) is 120 cm³/mol. The Bertz CT molecular complexity index is 1240. The zero-order valence-corrected chi connectivity index (χ0v) is 17.5. The highest BCUT2D eigenvalue weighted by atomic mass is 19.1. The first-order valence-electron chi connectivity index (χ1n) is 10.3. The second-order valence-corrected chi connectivity index (χ2v) is 7.87. The fourth-order valence-corrected chi connectivity index (χ4v) is 3.93. The van der Waals surface area contributed by atoms with Gasteiger partial charge in [-0.2, -0.15) is 0 Å². The van der Waals surface area contributed by atoms with Gasteiger partial charge in [0.05, 0.1) is 5.56 Å². The molecule has 156 valence electrons. The quantitative estimate of drug-likeness (QED) is 0.368. The van der Waals surface area contributed by atoms with Crippen LogP contribution in [0.25, 0.3) is 17.2 Å². The van der Waals surface area contributed by atoms with Gasteiger partial charge in [-0.15, -0.1) is 0 Å². The van der Waals surface area contributed by atoms with Gasteiger partial charge < -0.3 is 5.73 Å². The van der Waals surface area contributed by atoms with Crippen molar-refractivity contribution in [1.29, 1.82) is 0 Å². The molecule has 1 aliphatic carbocycles. The Hall–Kier alpha value is -3.45. The van der Waals surface area contributed by atoms with Crippen LogP contribution in [0.5, 0.6) is 0 Å². The van der Waals surface area contributed by atoms with Gasteiger partial charge in [0.15, 0.2) is 0 Å². The highest BCUT2D eigenvalue weighted by Crippen LogP contribution is 2.32. The summed E-state index contributed by atoms with van der Waals surface area (Å²) in [4.78, 5) is 0. The zero-order valence-electron chi connectivity index (χ0n) is 17.5. The Morgan fingerprint density at radius 3 is 2.26 bits per heavy atom. The molecule has 0 aliphatic heterocycles. The number of hydrogen-bond donors (Lipinski definition) is 1. The molecule has 0 spiro atoms. The van der Waals surface area contributed by atoms with Crippen molar-refractivity contribution in [3.05, 3.63) is 93.3 Å². The molecule has 0 fully saturated rings. The summed E-state index contributed by atoms with van der Waals surface area (Å²) in [5, 5.41) is 0. The summed E-state index contributed by atoms with van der Waals surface area (Å²) in [5.41, 5.74) is 10.7. The van der Waals surface area contributed by atoms with Crippen LogP contribution in [0.3, 0.4) is 0 Å². The van der Waals surface area contributed by atoms with Gasteiger partial charge in [0, 0.05) is 11.1 Å². The summed E-state index contributed by atoms with van der Waals surface area (Å²) in [5.74, 6) is 4.12. The standard InChI is InChI=1S/C27H22F3N/c1-3-4-18-12-21-11-16(2)22(26(30)23(21)13-18)10-7-17-5-8-19(9-6-17)20-14-24(28)27(31)25(29)15-20/h5-6,8-9,11,13-15H,3-4,12,31H2,1-2H3. The van der Waals surface area contributed by atoms with Gasteiger partial charge in [0.25, 0.3) is 0 Å². The van der Waals surface area contributed by atoms with E-state index in [1.807, 2.05) is 19.1 Å². The molecule has 4 heteroatoms. The van der Waals surface area contributed by atoms with Crippen LogP contribution >= 0.6 is 0 Å². The van der Waals surface area contributed by atoms with Crippen LogP contribution in [-0.2, 0) is 6.42 Å². The number of anilines is 1. The summed E-state index contributed by atoms with van der Waals surface area (Å²) in [6.07, 6.45) is 4.78. The number of hydrogen-bond acceptors (Lipinski definition) is 1. The minimum absolute atomic E-state index is 0.266. The van der Waals surface area contributed by atoms with Crippen LogP contribution in [0.1, 0.15) is 47.6 Å². The first-order chi connectivity index (χ1) is 14.9. The summed E-state index contributed by atoms with van der Waals surface area (Å²) < 4.78 is 42.6. The lowest BCUT2D eigenvalue weighted by atomic mass is 9.99. The smallest absolute Gasteiger partial charge is 0.149 e. The molecule has 0 radical (unpaired) electrons. The molecule has 1 aliphatic rings. The summed E-state index contributed by atoms with van der Waals surface area (Å²) >= 11 is 0. The third kappa shape index (κ3) is 4.09. The zero-order chi connectivity index (χ0) is 22.1. The predicted octanol–water partition coefficient (Wildman–Crippen LogP) is 6.80. The SMILES string of the molecule is CCCC1=Cc2c(cc(C)c(C#Cc3ccc(-c4cc(F)c(N)c(F)c4)cc3)c2F)C1. The molecule has 0 saturated heterocycles. The van der Waals surface area contributed by atoms with Gasteiger partial charge in [-0.1, -0.05) is 55.0 Å². The molecule has 0 amide bonds. The second-order valence-electron chi connectivity index (χ2n) is 7.87. The lowest BCUT2D eigenvalue weighted by Crippen LogP contribution is -1.96. The molecule has 0 heterocycles. The number of rotatable bonds is 3. The van der Waals surface area contributed by atoms with E-state index in [-0.39, 0.29) is 5.82 Å². The minimum Gasteiger partial charge on any atom is -0.394 e. The molecule has 2 N–H and O–H groups in total. The van der Waals surface area contributed by atoms with Gasteiger partial charge in [-0.3, -0.25) is 0 Å². The average Bonchev–Trinajstić information content (AvgIpc) is 3.15. The van der Waals surface area contributed by atoms with E-state index in [0.29, 0.717) is 27.8 Å². The van der Waals surface area contributed by atoms with Crippen LogP contribution in [-0.4, -0.2) is 0 Å². The van der Waals surface area contributed by atoms with Crippen LogP contribution in [0.15, 0.2) is 48.0 Å². The van der Waals surface area contributed by atoms with Crippen LogP contribution in [0.2, 0.25) is 0 Å². The number of allylic oxidation sites excluding steroid dienone is 1. The van der Waals surface area contributed by atoms with E-state index in [9.17, 15) is 8.78 Å². The number of nitrogens with two attached hydrogens (primary N) is 1. The van der Waals surface area contributed by atoms with Crippen molar-refractivity contribution in [3.63, 3.8) is 0 Å². The first kappa shape index (κ1) is 20.8. The fourth-order valence-electron chi connectivity index (χ4n) is 3.93. The number of benzene rings is 3. The van der Waals surface area contributed by atoms with Crippen molar-refractivity contribution >= 4 is 11.8 Å². The Labute approximate surface area is 180 Å². The van der Waals surface area contributed by atoms with Gasteiger partial charge in [-0.25, -0.2) is 13.2 Å². The van der Waals surface area contributed by atoms with E-state index in [1.54, 1.807) is 24.3 Å². The first-order valence-corrected chi connectivity index (χ1v) is 10.3.